The van der Waals surface area contributed by atoms with Crippen LogP contribution in [0.4, 0.5) is 0 Å². The summed E-state index contributed by atoms with van der Waals surface area (Å²) >= 11 is 0. The molecule has 0 unspecified atom stereocenters. The third kappa shape index (κ3) is 2.19. The topological polar surface area (TPSA) is 65.1 Å². The van der Waals surface area contributed by atoms with Crippen molar-refractivity contribution in [2.24, 2.45) is 0 Å². The SMILES string of the molecule is CCOc1cc2c(cc1OCC)[C@@H]1OC(=O)C(=O)N1[C@H](C)C2. The Bertz CT molecular complexity index is 627. The van der Waals surface area contributed by atoms with E-state index in [1.165, 1.54) is 4.90 Å². The van der Waals surface area contributed by atoms with Crippen LogP contribution in [0.25, 0.3) is 0 Å². The Balaban J connectivity index is 2.07. The lowest BCUT2D eigenvalue weighted by atomic mass is 9.93. The van der Waals surface area contributed by atoms with E-state index in [-0.39, 0.29) is 6.04 Å². The summed E-state index contributed by atoms with van der Waals surface area (Å²) in [4.78, 5) is 25.0. The Labute approximate surface area is 128 Å². The van der Waals surface area contributed by atoms with Crippen LogP contribution >= 0.6 is 0 Å². The molecule has 2 aliphatic rings. The molecule has 1 fully saturated rings. The first-order valence-electron chi connectivity index (χ1n) is 7.52. The predicted octanol–water partition coefficient (Wildman–Crippen LogP) is 1.81. The maximum atomic E-state index is 11.9. The van der Waals surface area contributed by atoms with E-state index in [1.54, 1.807) is 0 Å². The standard InChI is InChI=1S/C16H19NO5/c1-4-20-12-7-10-6-9(3)17-14(18)16(19)22-15(17)11(10)8-13(12)21-5-2/h7-9,15H,4-6H2,1-3H3/t9-,15+/m1/s1. The number of rotatable bonds is 4. The molecule has 0 saturated carbocycles. The van der Waals surface area contributed by atoms with Gasteiger partial charge in [-0.15, -0.1) is 0 Å². The number of carbonyl (C=O) groups is 2. The van der Waals surface area contributed by atoms with Crippen molar-refractivity contribution in [3.63, 3.8) is 0 Å². The van der Waals surface area contributed by atoms with Crippen LogP contribution in [-0.4, -0.2) is 36.0 Å². The lowest BCUT2D eigenvalue weighted by molar-refractivity contribution is -0.149. The molecule has 1 amide bonds. The predicted molar refractivity (Wildman–Crippen MR) is 77.6 cm³/mol. The van der Waals surface area contributed by atoms with Gasteiger partial charge in [0.15, 0.2) is 11.5 Å². The highest BCUT2D eigenvalue weighted by Crippen LogP contribution is 2.42. The van der Waals surface area contributed by atoms with Gasteiger partial charge < -0.3 is 14.2 Å². The molecule has 1 aromatic rings. The number of nitrogens with zero attached hydrogens (tertiary/aromatic N) is 1. The molecule has 0 spiro atoms. The molecule has 22 heavy (non-hydrogen) atoms. The summed E-state index contributed by atoms with van der Waals surface area (Å²) in [7, 11) is 0. The van der Waals surface area contributed by atoms with Gasteiger partial charge >= 0.3 is 11.9 Å². The number of amides is 1. The zero-order valence-corrected chi connectivity index (χ0v) is 12.9. The molecule has 2 atom stereocenters. The fourth-order valence-electron chi connectivity index (χ4n) is 3.04. The summed E-state index contributed by atoms with van der Waals surface area (Å²) in [5, 5.41) is 0. The van der Waals surface area contributed by atoms with Crippen molar-refractivity contribution in [1.29, 1.82) is 0 Å². The Morgan fingerprint density at radius 3 is 2.45 bits per heavy atom. The lowest BCUT2D eigenvalue weighted by Gasteiger charge is -2.35. The second kappa shape index (κ2) is 5.51. The quantitative estimate of drug-likeness (QED) is 0.627. The molecule has 2 aliphatic heterocycles. The van der Waals surface area contributed by atoms with Crippen LogP contribution in [0.15, 0.2) is 12.1 Å². The molecule has 0 aromatic heterocycles. The summed E-state index contributed by atoms with van der Waals surface area (Å²) in [6.45, 7) is 6.76. The van der Waals surface area contributed by atoms with Crippen LogP contribution < -0.4 is 9.47 Å². The van der Waals surface area contributed by atoms with E-state index in [0.29, 0.717) is 31.1 Å². The van der Waals surface area contributed by atoms with E-state index in [9.17, 15) is 9.59 Å². The zero-order chi connectivity index (χ0) is 15.9. The van der Waals surface area contributed by atoms with Crippen molar-refractivity contribution < 1.29 is 23.8 Å². The highest BCUT2D eigenvalue weighted by atomic mass is 16.6. The molecule has 0 aliphatic carbocycles. The van der Waals surface area contributed by atoms with Crippen molar-refractivity contribution >= 4 is 11.9 Å². The van der Waals surface area contributed by atoms with Crippen molar-refractivity contribution in [2.45, 2.75) is 39.5 Å². The summed E-state index contributed by atoms with van der Waals surface area (Å²) in [5.41, 5.74) is 1.81. The molecule has 0 radical (unpaired) electrons. The number of carbonyl (C=O) groups excluding carboxylic acids is 2. The van der Waals surface area contributed by atoms with Crippen LogP contribution in [0.2, 0.25) is 0 Å². The van der Waals surface area contributed by atoms with Crippen molar-refractivity contribution in [3.05, 3.63) is 23.3 Å². The van der Waals surface area contributed by atoms with E-state index in [0.717, 1.165) is 11.1 Å². The average Bonchev–Trinajstić information content (AvgIpc) is 2.78. The van der Waals surface area contributed by atoms with Gasteiger partial charge in [-0.25, -0.2) is 4.79 Å². The summed E-state index contributed by atoms with van der Waals surface area (Å²) in [5.74, 6) is -0.0843. The summed E-state index contributed by atoms with van der Waals surface area (Å²) in [6.07, 6.45) is -0.00521. The Morgan fingerprint density at radius 1 is 1.18 bits per heavy atom. The van der Waals surface area contributed by atoms with Gasteiger partial charge in [-0.05, 0) is 44.9 Å². The van der Waals surface area contributed by atoms with Crippen molar-refractivity contribution in [3.8, 4) is 11.5 Å². The molecule has 0 N–H and O–H groups in total. The largest absolute Gasteiger partial charge is 0.490 e. The molecule has 6 heteroatoms. The number of esters is 1. The molecule has 118 valence electrons. The van der Waals surface area contributed by atoms with Crippen LogP contribution in [0.1, 0.15) is 38.1 Å². The fraction of sp³-hybridized carbons (Fsp3) is 0.500. The second-order valence-electron chi connectivity index (χ2n) is 5.39. The van der Waals surface area contributed by atoms with E-state index in [1.807, 2.05) is 32.9 Å². The highest BCUT2D eigenvalue weighted by molar-refractivity contribution is 6.34. The van der Waals surface area contributed by atoms with Crippen LogP contribution in [-0.2, 0) is 20.7 Å². The second-order valence-corrected chi connectivity index (χ2v) is 5.39. The van der Waals surface area contributed by atoms with Gasteiger partial charge in [0.25, 0.3) is 0 Å². The first kappa shape index (κ1) is 14.7. The minimum atomic E-state index is -0.795. The first-order valence-corrected chi connectivity index (χ1v) is 7.52. The molecule has 2 heterocycles. The summed E-state index contributed by atoms with van der Waals surface area (Å²) < 4.78 is 16.5. The third-order valence-electron chi connectivity index (χ3n) is 3.94. The fourth-order valence-corrected chi connectivity index (χ4v) is 3.04. The van der Waals surface area contributed by atoms with Gasteiger partial charge in [-0.2, -0.15) is 0 Å². The van der Waals surface area contributed by atoms with E-state index in [4.69, 9.17) is 14.2 Å². The van der Waals surface area contributed by atoms with Gasteiger partial charge in [0, 0.05) is 11.6 Å². The number of ether oxygens (including phenoxy) is 3. The monoisotopic (exact) mass is 305 g/mol. The molecular formula is C16H19NO5. The normalized spacial score (nSPS) is 23.0. The Kier molecular flexibility index (Phi) is 3.68. The Morgan fingerprint density at radius 2 is 1.82 bits per heavy atom. The van der Waals surface area contributed by atoms with Gasteiger partial charge in [0.1, 0.15) is 0 Å². The molecule has 1 aromatic carbocycles. The van der Waals surface area contributed by atoms with Gasteiger partial charge in [-0.1, -0.05) is 0 Å². The molecule has 1 saturated heterocycles. The molecule has 3 rings (SSSR count). The molecule has 0 bridgehead atoms. The van der Waals surface area contributed by atoms with E-state index < -0.39 is 18.1 Å². The number of hydrogen-bond acceptors (Lipinski definition) is 5. The van der Waals surface area contributed by atoms with Gasteiger partial charge in [0.2, 0.25) is 6.23 Å². The van der Waals surface area contributed by atoms with Gasteiger partial charge in [-0.3, -0.25) is 9.69 Å². The van der Waals surface area contributed by atoms with E-state index in [2.05, 4.69) is 0 Å². The maximum Gasteiger partial charge on any atom is 0.399 e. The third-order valence-corrected chi connectivity index (χ3v) is 3.94. The minimum absolute atomic E-state index is 0.0936. The smallest absolute Gasteiger partial charge is 0.399 e. The maximum absolute atomic E-state index is 11.9. The van der Waals surface area contributed by atoms with Crippen LogP contribution in [0.5, 0.6) is 11.5 Å². The molecular weight excluding hydrogens is 286 g/mol. The molecule has 6 nitrogen and oxygen atoms in total. The summed E-state index contributed by atoms with van der Waals surface area (Å²) in [6, 6.07) is 3.65. The Hall–Kier alpha value is -2.24. The van der Waals surface area contributed by atoms with Gasteiger partial charge in [0.05, 0.1) is 13.2 Å². The first-order chi connectivity index (χ1) is 10.6. The lowest BCUT2D eigenvalue weighted by Crippen LogP contribution is -2.42. The van der Waals surface area contributed by atoms with Crippen molar-refractivity contribution in [2.75, 3.05) is 13.2 Å². The minimum Gasteiger partial charge on any atom is -0.490 e. The number of hydrogen-bond donors (Lipinski definition) is 0. The average molecular weight is 305 g/mol. The number of fused-ring (bicyclic) bond motifs is 3. The van der Waals surface area contributed by atoms with Crippen LogP contribution in [0.3, 0.4) is 0 Å². The number of benzene rings is 1. The van der Waals surface area contributed by atoms with Crippen LogP contribution in [0, 0.1) is 0 Å². The zero-order valence-electron chi connectivity index (χ0n) is 12.9. The highest BCUT2D eigenvalue weighted by Gasteiger charge is 2.47. The van der Waals surface area contributed by atoms with E-state index >= 15 is 0 Å². The van der Waals surface area contributed by atoms with Crippen molar-refractivity contribution in [1.82, 2.24) is 4.90 Å².